The largest absolute Gasteiger partial charge is 0.356 e. The maximum atomic E-state index is 10.7. The summed E-state index contributed by atoms with van der Waals surface area (Å²) in [5, 5.41) is 2.85. The molecule has 1 amide bonds. The van der Waals surface area contributed by atoms with E-state index in [1.807, 2.05) is 0 Å². The smallest absolute Gasteiger partial charge is 0.216 e. The molecule has 0 aromatic carbocycles. The molecule has 1 aliphatic rings. The summed E-state index contributed by atoms with van der Waals surface area (Å²) < 4.78 is 0. The third-order valence-corrected chi connectivity index (χ3v) is 2.63. The Balaban J connectivity index is 2.31. The average Bonchev–Trinajstić information content (AvgIpc) is 2.03. The predicted molar refractivity (Wildman–Crippen MR) is 49.6 cm³/mol. The zero-order valence-corrected chi connectivity index (χ0v) is 7.86. The number of rotatable bonds is 2. The number of amides is 1. The molecule has 0 spiro atoms. The van der Waals surface area contributed by atoms with E-state index in [2.05, 4.69) is 12.2 Å². The highest BCUT2D eigenvalue weighted by Crippen LogP contribution is 2.34. The van der Waals surface area contributed by atoms with Gasteiger partial charge in [0.2, 0.25) is 5.91 Å². The third kappa shape index (κ3) is 2.84. The van der Waals surface area contributed by atoms with Gasteiger partial charge in [-0.25, -0.2) is 0 Å². The van der Waals surface area contributed by atoms with E-state index in [0.717, 1.165) is 19.4 Å². The lowest BCUT2D eigenvalue weighted by molar-refractivity contribution is -0.119. The fourth-order valence-corrected chi connectivity index (χ4v) is 1.79. The summed E-state index contributed by atoms with van der Waals surface area (Å²) in [6.45, 7) is 6.50. The van der Waals surface area contributed by atoms with E-state index in [0.29, 0.717) is 0 Å². The van der Waals surface area contributed by atoms with E-state index in [-0.39, 0.29) is 11.3 Å². The van der Waals surface area contributed by atoms with Crippen LogP contribution >= 0.6 is 0 Å². The minimum atomic E-state index is 0.0589. The maximum Gasteiger partial charge on any atom is 0.216 e. The van der Waals surface area contributed by atoms with Crippen LogP contribution in [0, 0.1) is 12.3 Å². The number of carbonyl (C=O) groups is 1. The molecule has 1 saturated carbocycles. The summed E-state index contributed by atoms with van der Waals surface area (Å²) in [6, 6.07) is 0. The third-order valence-electron chi connectivity index (χ3n) is 2.63. The first-order valence-corrected chi connectivity index (χ1v) is 4.72. The molecule has 1 fully saturated rings. The van der Waals surface area contributed by atoms with Gasteiger partial charge in [-0.3, -0.25) is 4.79 Å². The lowest BCUT2D eigenvalue weighted by atomic mass is 9.76. The lowest BCUT2D eigenvalue weighted by Crippen LogP contribution is -2.36. The highest BCUT2D eigenvalue weighted by Gasteiger charge is 2.26. The van der Waals surface area contributed by atoms with Crippen molar-refractivity contribution in [2.75, 3.05) is 6.54 Å². The Morgan fingerprint density at radius 3 is 2.50 bits per heavy atom. The molecule has 2 heteroatoms. The molecule has 0 heterocycles. The van der Waals surface area contributed by atoms with Gasteiger partial charge in [0.15, 0.2) is 0 Å². The topological polar surface area (TPSA) is 29.1 Å². The van der Waals surface area contributed by atoms with Gasteiger partial charge >= 0.3 is 0 Å². The molecule has 0 atom stereocenters. The quantitative estimate of drug-likeness (QED) is 0.670. The maximum absolute atomic E-state index is 10.7. The molecule has 1 aliphatic carbocycles. The molecule has 2 nitrogen and oxygen atoms in total. The molecule has 69 valence electrons. The second kappa shape index (κ2) is 3.92. The van der Waals surface area contributed by atoms with Gasteiger partial charge in [-0.15, -0.1) is 0 Å². The average molecular weight is 168 g/mol. The van der Waals surface area contributed by atoms with Crippen molar-refractivity contribution >= 4 is 5.91 Å². The summed E-state index contributed by atoms with van der Waals surface area (Å²) in [5.41, 5.74) is 0.129. The van der Waals surface area contributed by atoms with Crippen molar-refractivity contribution in [1.82, 2.24) is 5.32 Å². The molecule has 1 radical (unpaired) electrons. The van der Waals surface area contributed by atoms with Crippen LogP contribution in [0.15, 0.2) is 0 Å². The second-order valence-corrected chi connectivity index (χ2v) is 3.97. The van der Waals surface area contributed by atoms with Crippen molar-refractivity contribution < 1.29 is 4.79 Å². The van der Waals surface area contributed by atoms with E-state index in [1.54, 1.807) is 6.92 Å². The minimum Gasteiger partial charge on any atom is -0.356 e. The first-order chi connectivity index (χ1) is 5.62. The molecule has 0 bridgehead atoms. The Morgan fingerprint density at radius 2 is 2.00 bits per heavy atom. The molecule has 1 N–H and O–H groups in total. The number of nitrogens with one attached hydrogen (secondary N) is 1. The zero-order valence-electron chi connectivity index (χ0n) is 7.86. The highest BCUT2D eigenvalue weighted by atomic mass is 16.1. The molecule has 0 saturated heterocycles. The minimum absolute atomic E-state index is 0.0589. The fraction of sp³-hybridized carbons (Fsp3) is 0.800. The first-order valence-electron chi connectivity index (χ1n) is 4.72. The van der Waals surface area contributed by atoms with Gasteiger partial charge in [0.25, 0.3) is 0 Å². The molecule has 12 heavy (non-hydrogen) atoms. The molecule has 1 rings (SSSR count). The summed E-state index contributed by atoms with van der Waals surface area (Å²) in [6.07, 6.45) is 6.18. The summed E-state index contributed by atoms with van der Waals surface area (Å²) >= 11 is 0. The molecule has 0 aliphatic heterocycles. The Morgan fingerprint density at radius 1 is 1.42 bits per heavy atom. The Labute approximate surface area is 74.7 Å². The predicted octanol–water partition coefficient (Wildman–Crippen LogP) is 1.91. The van der Waals surface area contributed by atoms with E-state index >= 15 is 0 Å². The van der Waals surface area contributed by atoms with Crippen LogP contribution in [-0.4, -0.2) is 12.5 Å². The van der Waals surface area contributed by atoms with E-state index in [4.69, 9.17) is 0 Å². The monoisotopic (exact) mass is 168 g/mol. The van der Waals surface area contributed by atoms with E-state index in [1.165, 1.54) is 19.3 Å². The van der Waals surface area contributed by atoms with E-state index < -0.39 is 0 Å². The first kappa shape index (κ1) is 9.56. The van der Waals surface area contributed by atoms with Gasteiger partial charge in [0.1, 0.15) is 0 Å². The van der Waals surface area contributed by atoms with Crippen molar-refractivity contribution in [3.63, 3.8) is 0 Å². The van der Waals surface area contributed by atoms with Crippen LogP contribution in [0.4, 0.5) is 0 Å². The van der Waals surface area contributed by atoms with Crippen LogP contribution in [0.2, 0.25) is 0 Å². The van der Waals surface area contributed by atoms with Crippen molar-refractivity contribution in [3.8, 4) is 0 Å². The normalized spacial score (nSPS) is 21.8. The standard InChI is InChI=1S/C10H18NO/c1-9(12)11-8-10(2)6-4-3-5-7-10/h2-8H2,1H3,(H,11,12). The Bertz CT molecular complexity index is 159. The van der Waals surface area contributed by atoms with E-state index in [9.17, 15) is 4.79 Å². The number of hydrogen-bond acceptors (Lipinski definition) is 1. The van der Waals surface area contributed by atoms with Gasteiger partial charge in [-0.2, -0.15) is 0 Å². The Kier molecular flexibility index (Phi) is 3.12. The van der Waals surface area contributed by atoms with Crippen LogP contribution in [0.5, 0.6) is 0 Å². The molecule has 0 aromatic heterocycles. The van der Waals surface area contributed by atoms with Crippen LogP contribution in [-0.2, 0) is 4.79 Å². The molecular formula is C10H18NO. The van der Waals surface area contributed by atoms with Crippen LogP contribution in [0.1, 0.15) is 39.0 Å². The molecular weight excluding hydrogens is 150 g/mol. The van der Waals surface area contributed by atoms with Crippen LogP contribution in [0.25, 0.3) is 0 Å². The van der Waals surface area contributed by atoms with Crippen molar-refractivity contribution in [2.24, 2.45) is 5.41 Å². The van der Waals surface area contributed by atoms with Gasteiger partial charge in [-0.1, -0.05) is 19.3 Å². The SMILES string of the molecule is [CH2]C1(CNC(C)=O)CCCCC1. The lowest BCUT2D eigenvalue weighted by Gasteiger charge is -2.33. The van der Waals surface area contributed by atoms with Gasteiger partial charge in [-0.05, 0) is 25.2 Å². The van der Waals surface area contributed by atoms with Gasteiger partial charge in [0.05, 0.1) is 0 Å². The summed E-state index contributed by atoms with van der Waals surface area (Å²) in [5.74, 6) is 0.0589. The van der Waals surface area contributed by atoms with Crippen LogP contribution < -0.4 is 5.32 Å². The molecule has 0 aromatic rings. The van der Waals surface area contributed by atoms with Crippen molar-refractivity contribution in [1.29, 1.82) is 0 Å². The zero-order chi connectivity index (χ0) is 9.03. The fourth-order valence-electron chi connectivity index (χ4n) is 1.79. The van der Waals surface area contributed by atoms with Crippen LogP contribution in [0.3, 0.4) is 0 Å². The van der Waals surface area contributed by atoms with Crippen molar-refractivity contribution in [3.05, 3.63) is 6.92 Å². The molecule has 0 unspecified atom stereocenters. The number of hydrogen-bond donors (Lipinski definition) is 1. The highest BCUT2D eigenvalue weighted by molar-refractivity contribution is 5.72. The Hall–Kier alpha value is -0.530. The number of carbonyl (C=O) groups excluding carboxylic acids is 1. The van der Waals surface area contributed by atoms with Gasteiger partial charge < -0.3 is 5.32 Å². The van der Waals surface area contributed by atoms with Crippen molar-refractivity contribution in [2.45, 2.75) is 39.0 Å². The summed E-state index contributed by atoms with van der Waals surface area (Å²) in [4.78, 5) is 10.7. The van der Waals surface area contributed by atoms with Gasteiger partial charge in [0, 0.05) is 13.5 Å². The second-order valence-electron chi connectivity index (χ2n) is 3.97. The summed E-state index contributed by atoms with van der Waals surface area (Å²) in [7, 11) is 0.